The van der Waals surface area contributed by atoms with Gasteiger partial charge in [-0.1, -0.05) is 12.1 Å². The van der Waals surface area contributed by atoms with Gasteiger partial charge in [0.1, 0.15) is 39.3 Å². The van der Waals surface area contributed by atoms with Crippen LogP contribution >= 0.6 is 0 Å². The molecule has 0 bridgehead atoms. The lowest BCUT2D eigenvalue weighted by Crippen LogP contribution is -2.14. The second-order valence-corrected chi connectivity index (χ2v) is 12.9. The summed E-state index contributed by atoms with van der Waals surface area (Å²) in [5.74, 6) is 1.36. The fraction of sp³-hybridized carbons (Fsp3) is 0.219. The lowest BCUT2D eigenvalue weighted by Gasteiger charge is -2.13. The van der Waals surface area contributed by atoms with Crippen molar-refractivity contribution in [2.24, 2.45) is 5.73 Å². The van der Waals surface area contributed by atoms with Crippen LogP contribution in [0.25, 0.3) is 33.1 Å². The molecule has 0 saturated carbocycles. The molecule has 0 aliphatic heterocycles. The van der Waals surface area contributed by atoms with Crippen molar-refractivity contribution in [2.45, 2.75) is 25.3 Å². The van der Waals surface area contributed by atoms with Gasteiger partial charge in [0.15, 0.2) is 0 Å². The number of benzene rings is 3. The second-order valence-electron chi connectivity index (χ2n) is 10.7. The van der Waals surface area contributed by atoms with Gasteiger partial charge >= 0.3 is 0 Å². The average Bonchev–Trinajstić information content (AvgIpc) is 3.62. The van der Waals surface area contributed by atoms with Crippen molar-refractivity contribution in [1.82, 2.24) is 19.7 Å². The maximum absolute atomic E-state index is 13.7. The summed E-state index contributed by atoms with van der Waals surface area (Å²) in [5, 5.41) is 9.65. The SMILES string of the molecule is CS(=O)(=O)CC(CCCN)c1ccc(-c2ccc3ncnc(Nc4ccc5c(cnn5Cc5cccc(F)c5)c4)c3c2)o1. The molecule has 9 nitrogen and oxygen atoms in total. The summed E-state index contributed by atoms with van der Waals surface area (Å²) in [6, 6.07) is 21.9. The van der Waals surface area contributed by atoms with E-state index in [1.165, 1.54) is 24.7 Å². The molecule has 0 fully saturated rings. The van der Waals surface area contributed by atoms with E-state index in [1.54, 1.807) is 12.3 Å². The Kier molecular flexibility index (Phi) is 7.92. The van der Waals surface area contributed by atoms with E-state index in [-0.39, 0.29) is 17.5 Å². The number of rotatable bonds is 11. The molecule has 1 atom stereocenters. The van der Waals surface area contributed by atoms with Crippen LogP contribution in [0.4, 0.5) is 15.9 Å². The fourth-order valence-electron chi connectivity index (χ4n) is 5.31. The first-order valence-electron chi connectivity index (χ1n) is 14.0. The molecule has 0 spiro atoms. The molecule has 0 aliphatic carbocycles. The van der Waals surface area contributed by atoms with Crippen molar-refractivity contribution >= 4 is 43.1 Å². The van der Waals surface area contributed by atoms with Crippen LogP contribution in [0.3, 0.4) is 0 Å². The predicted molar refractivity (Wildman–Crippen MR) is 166 cm³/mol. The van der Waals surface area contributed by atoms with E-state index in [2.05, 4.69) is 20.4 Å². The topological polar surface area (TPSA) is 129 Å². The first-order chi connectivity index (χ1) is 20.8. The quantitative estimate of drug-likeness (QED) is 0.185. The average molecular weight is 599 g/mol. The van der Waals surface area contributed by atoms with Gasteiger partial charge in [0.25, 0.3) is 0 Å². The summed E-state index contributed by atoms with van der Waals surface area (Å²) in [5.41, 5.74) is 9.86. The maximum atomic E-state index is 13.7. The van der Waals surface area contributed by atoms with Gasteiger partial charge in [-0.3, -0.25) is 4.68 Å². The van der Waals surface area contributed by atoms with Crippen molar-refractivity contribution in [2.75, 3.05) is 23.9 Å². The molecule has 6 aromatic rings. The van der Waals surface area contributed by atoms with Crippen molar-refractivity contribution in [3.05, 3.63) is 102 Å². The number of sulfone groups is 1. The number of furan rings is 1. The zero-order valence-corrected chi connectivity index (χ0v) is 24.4. The molecule has 0 aliphatic rings. The van der Waals surface area contributed by atoms with E-state index in [0.29, 0.717) is 43.3 Å². The van der Waals surface area contributed by atoms with Crippen LogP contribution in [0.15, 0.2) is 89.7 Å². The van der Waals surface area contributed by atoms with E-state index in [1.807, 2.05) is 59.3 Å². The second kappa shape index (κ2) is 11.9. The number of nitrogens with one attached hydrogen (secondary N) is 1. The zero-order chi connectivity index (χ0) is 30.0. The van der Waals surface area contributed by atoms with Crippen LogP contribution < -0.4 is 11.1 Å². The lowest BCUT2D eigenvalue weighted by molar-refractivity contribution is 0.464. The van der Waals surface area contributed by atoms with Gasteiger partial charge in [-0.25, -0.2) is 22.8 Å². The third-order valence-corrected chi connectivity index (χ3v) is 8.34. The first-order valence-corrected chi connectivity index (χ1v) is 16.0. The van der Waals surface area contributed by atoms with Crippen molar-refractivity contribution < 1.29 is 17.2 Å². The highest BCUT2D eigenvalue weighted by molar-refractivity contribution is 7.90. The van der Waals surface area contributed by atoms with Crippen LogP contribution in [0, 0.1) is 5.82 Å². The Morgan fingerprint density at radius 2 is 1.93 bits per heavy atom. The molecule has 3 heterocycles. The van der Waals surface area contributed by atoms with Crippen molar-refractivity contribution in [3.8, 4) is 11.3 Å². The minimum Gasteiger partial charge on any atom is -0.461 e. The van der Waals surface area contributed by atoms with Crippen LogP contribution in [0.5, 0.6) is 0 Å². The van der Waals surface area contributed by atoms with Gasteiger partial charge in [0.05, 0.1) is 29.5 Å². The van der Waals surface area contributed by atoms with Crippen molar-refractivity contribution in [3.63, 3.8) is 0 Å². The molecule has 43 heavy (non-hydrogen) atoms. The molecule has 3 N–H and O–H groups in total. The van der Waals surface area contributed by atoms with E-state index in [4.69, 9.17) is 10.2 Å². The molecule has 220 valence electrons. The smallest absolute Gasteiger partial charge is 0.148 e. The molecule has 6 rings (SSSR count). The molecule has 11 heteroatoms. The number of nitrogens with zero attached hydrogens (tertiary/aromatic N) is 4. The molecule has 3 aromatic carbocycles. The molecular weight excluding hydrogens is 567 g/mol. The zero-order valence-electron chi connectivity index (χ0n) is 23.6. The summed E-state index contributed by atoms with van der Waals surface area (Å²) < 4.78 is 45.8. The highest BCUT2D eigenvalue weighted by Crippen LogP contribution is 2.33. The molecule has 0 saturated heterocycles. The molecule has 0 amide bonds. The predicted octanol–water partition coefficient (Wildman–Crippen LogP) is 6.04. The van der Waals surface area contributed by atoms with Gasteiger partial charge in [0, 0.05) is 34.2 Å². The summed E-state index contributed by atoms with van der Waals surface area (Å²) in [7, 11) is -3.19. The van der Waals surface area contributed by atoms with Crippen molar-refractivity contribution in [1.29, 1.82) is 0 Å². The Morgan fingerprint density at radius 1 is 1.05 bits per heavy atom. The number of hydrogen-bond donors (Lipinski definition) is 2. The molecule has 1 unspecified atom stereocenters. The first kappa shape index (κ1) is 28.5. The summed E-state index contributed by atoms with van der Waals surface area (Å²) in [6.07, 6.45) is 5.87. The summed E-state index contributed by atoms with van der Waals surface area (Å²) in [6.45, 7) is 0.947. The summed E-state index contributed by atoms with van der Waals surface area (Å²) >= 11 is 0. The normalized spacial score (nSPS) is 12.6. The fourth-order valence-corrected chi connectivity index (χ4v) is 6.37. The Balaban J connectivity index is 1.26. The van der Waals surface area contributed by atoms with E-state index in [0.717, 1.165) is 38.6 Å². The van der Waals surface area contributed by atoms with Crippen LogP contribution in [0.1, 0.15) is 30.1 Å². The summed E-state index contributed by atoms with van der Waals surface area (Å²) in [4.78, 5) is 8.93. The van der Waals surface area contributed by atoms with Gasteiger partial charge in [0.2, 0.25) is 0 Å². The van der Waals surface area contributed by atoms with Gasteiger partial charge in [-0.2, -0.15) is 5.10 Å². The van der Waals surface area contributed by atoms with E-state index < -0.39 is 9.84 Å². The largest absolute Gasteiger partial charge is 0.461 e. The maximum Gasteiger partial charge on any atom is 0.148 e. The highest BCUT2D eigenvalue weighted by atomic mass is 32.2. The van der Waals surface area contributed by atoms with Gasteiger partial charge in [-0.05, 0) is 85.6 Å². The number of nitrogens with two attached hydrogens (primary N) is 1. The number of anilines is 2. The van der Waals surface area contributed by atoms with Crippen LogP contribution in [0.2, 0.25) is 0 Å². The third kappa shape index (κ3) is 6.58. The minimum absolute atomic E-state index is 0.00757. The molecular formula is C32H31FN6O3S. The van der Waals surface area contributed by atoms with Gasteiger partial charge < -0.3 is 15.5 Å². The molecule has 3 aromatic heterocycles. The standard InChI is InChI=1S/C32H31FN6O3S/c1-43(40,41)19-23(5-3-13-34)31-12-11-30(42-31)22-7-9-28-27(16-22)32(36-20-35-28)38-26-8-10-29-24(15-26)17-37-39(29)18-21-4-2-6-25(33)14-21/h2,4,6-12,14-17,20,23H,3,5,13,18-19,34H2,1H3,(H,35,36,38). The van der Waals surface area contributed by atoms with Gasteiger partial charge in [-0.15, -0.1) is 0 Å². The Hall–Kier alpha value is -4.61. The monoisotopic (exact) mass is 598 g/mol. The minimum atomic E-state index is -3.19. The lowest BCUT2D eigenvalue weighted by atomic mass is 10.0. The number of aromatic nitrogens is 4. The Morgan fingerprint density at radius 3 is 2.74 bits per heavy atom. The molecule has 0 radical (unpaired) electrons. The number of halogens is 1. The third-order valence-electron chi connectivity index (χ3n) is 7.34. The van der Waals surface area contributed by atoms with E-state index in [9.17, 15) is 12.8 Å². The number of fused-ring (bicyclic) bond motifs is 2. The van der Waals surface area contributed by atoms with Crippen LogP contribution in [-0.2, 0) is 16.4 Å². The Labute approximate surface area is 248 Å². The van der Waals surface area contributed by atoms with E-state index >= 15 is 0 Å². The number of hydrogen-bond acceptors (Lipinski definition) is 8. The highest BCUT2D eigenvalue weighted by Gasteiger charge is 2.21. The van der Waals surface area contributed by atoms with Crippen LogP contribution in [-0.4, -0.2) is 46.7 Å². The Bertz CT molecular complexity index is 2020.